The van der Waals surface area contributed by atoms with Gasteiger partial charge in [-0.1, -0.05) is 11.6 Å². The SMILES string of the molecule is COc1ccc(Cl)cc1CNC12CC3CC(CC(O)(C3)C1)C2. The molecule has 2 unspecified atom stereocenters. The molecule has 120 valence electrons. The van der Waals surface area contributed by atoms with Crippen LogP contribution in [-0.4, -0.2) is 23.4 Å². The van der Waals surface area contributed by atoms with Crippen molar-refractivity contribution in [2.75, 3.05) is 7.11 Å². The van der Waals surface area contributed by atoms with E-state index >= 15 is 0 Å². The molecule has 5 rings (SSSR count). The molecule has 4 heteroatoms. The summed E-state index contributed by atoms with van der Waals surface area (Å²) >= 11 is 6.13. The maximum Gasteiger partial charge on any atom is 0.123 e. The van der Waals surface area contributed by atoms with E-state index < -0.39 is 5.60 Å². The second-order valence-electron chi connectivity index (χ2n) is 7.78. The van der Waals surface area contributed by atoms with Crippen molar-refractivity contribution in [2.45, 2.75) is 56.2 Å². The summed E-state index contributed by atoms with van der Waals surface area (Å²) in [7, 11) is 1.69. The van der Waals surface area contributed by atoms with Gasteiger partial charge in [0.2, 0.25) is 0 Å². The van der Waals surface area contributed by atoms with Crippen LogP contribution in [0.15, 0.2) is 18.2 Å². The molecule has 0 aromatic heterocycles. The Bertz CT molecular complexity index is 574. The molecule has 22 heavy (non-hydrogen) atoms. The van der Waals surface area contributed by atoms with Crippen LogP contribution in [0.5, 0.6) is 5.75 Å². The van der Waals surface area contributed by atoms with E-state index in [0.29, 0.717) is 11.8 Å². The van der Waals surface area contributed by atoms with Crippen molar-refractivity contribution < 1.29 is 9.84 Å². The van der Waals surface area contributed by atoms with Crippen LogP contribution in [0.1, 0.15) is 44.1 Å². The van der Waals surface area contributed by atoms with E-state index in [1.807, 2.05) is 18.2 Å². The predicted molar refractivity (Wildman–Crippen MR) is 87.2 cm³/mol. The molecule has 3 nitrogen and oxygen atoms in total. The Hall–Kier alpha value is -0.770. The molecule has 0 saturated heterocycles. The lowest BCUT2D eigenvalue weighted by atomic mass is 9.51. The van der Waals surface area contributed by atoms with Crippen LogP contribution < -0.4 is 10.1 Å². The van der Waals surface area contributed by atoms with E-state index in [1.165, 1.54) is 19.3 Å². The number of hydrogen-bond donors (Lipinski definition) is 2. The third kappa shape index (κ3) is 2.53. The van der Waals surface area contributed by atoms with E-state index in [4.69, 9.17) is 16.3 Å². The minimum absolute atomic E-state index is 0.103. The number of halogens is 1. The van der Waals surface area contributed by atoms with Crippen molar-refractivity contribution in [2.24, 2.45) is 11.8 Å². The Kier molecular flexibility index (Phi) is 3.44. The highest BCUT2D eigenvalue weighted by molar-refractivity contribution is 6.30. The quantitative estimate of drug-likeness (QED) is 0.891. The number of hydrogen-bond acceptors (Lipinski definition) is 3. The molecular weight excluding hydrogens is 298 g/mol. The van der Waals surface area contributed by atoms with Gasteiger partial charge in [-0.3, -0.25) is 0 Å². The molecule has 0 aliphatic heterocycles. The molecule has 0 heterocycles. The van der Waals surface area contributed by atoms with E-state index in [0.717, 1.165) is 42.1 Å². The fourth-order valence-corrected chi connectivity index (χ4v) is 5.78. The average molecular weight is 322 g/mol. The summed E-state index contributed by atoms with van der Waals surface area (Å²) in [5, 5.41) is 15.3. The zero-order valence-corrected chi connectivity index (χ0v) is 13.8. The lowest BCUT2D eigenvalue weighted by molar-refractivity contribution is -0.142. The topological polar surface area (TPSA) is 41.5 Å². The molecule has 4 aliphatic rings. The molecule has 4 fully saturated rings. The zero-order chi connectivity index (χ0) is 15.4. The Labute approximate surface area is 137 Å². The molecule has 4 aliphatic carbocycles. The van der Waals surface area contributed by atoms with E-state index in [-0.39, 0.29) is 5.54 Å². The summed E-state index contributed by atoms with van der Waals surface area (Å²) in [6.45, 7) is 0.749. The highest BCUT2D eigenvalue weighted by atomic mass is 35.5. The average Bonchev–Trinajstić information content (AvgIpc) is 2.43. The Morgan fingerprint density at radius 1 is 1.27 bits per heavy atom. The van der Waals surface area contributed by atoms with Crippen LogP contribution in [0.4, 0.5) is 0 Å². The van der Waals surface area contributed by atoms with Crippen LogP contribution in [-0.2, 0) is 6.54 Å². The molecule has 2 N–H and O–H groups in total. The van der Waals surface area contributed by atoms with E-state index in [1.54, 1.807) is 7.11 Å². The van der Waals surface area contributed by atoms with E-state index in [2.05, 4.69) is 5.32 Å². The maximum absolute atomic E-state index is 10.8. The molecule has 2 atom stereocenters. The highest BCUT2D eigenvalue weighted by Crippen LogP contribution is 2.57. The number of nitrogens with one attached hydrogen (secondary N) is 1. The first kappa shape index (κ1) is 14.8. The summed E-state index contributed by atoms with van der Waals surface area (Å²) in [5.41, 5.74) is 0.777. The van der Waals surface area contributed by atoms with Gasteiger partial charge in [-0.2, -0.15) is 0 Å². The Balaban J connectivity index is 1.53. The number of rotatable bonds is 4. The summed E-state index contributed by atoms with van der Waals surface area (Å²) in [6.07, 6.45) is 6.63. The molecule has 1 aromatic carbocycles. The monoisotopic (exact) mass is 321 g/mol. The van der Waals surface area contributed by atoms with Gasteiger partial charge in [-0.15, -0.1) is 0 Å². The van der Waals surface area contributed by atoms with Gasteiger partial charge >= 0.3 is 0 Å². The third-order valence-corrected chi connectivity index (χ3v) is 6.16. The van der Waals surface area contributed by atoms with Crippen molar-refractivity contribution in [3.05, 3.63) is 28.8 Å². The largest absolute Gasteiger partial charge is 0.496 e. The molecular formula is C18H24ClNO2. The molecule has 4 bridgehead atoms. The van der Waals surface area contributed by atoms with Gasteiger partial charge in [-0.05, 0) is 68.6 Å². The van der Waals surface area contributed by atoms with Crippen LogP contribution in [0, 0.1) is 11.8 Å². The summed E-state index contributed by atoms with van der Waals surface area (Å²) < 4.78 is 5.44. The molecule has 0 spiro atoms. The van der Waals surface area contributed by atoms with Gasteiger partial charge in [0.15, 0.2) is 0 Å². The molecule has 1 aromatic rings. The second-order valence-corrected chi connectivity index (χ2v) is 8.21. The van der Waals surface area contributed by atoms with Crippen molar-refractivity contribution in [3.63, 3.8) is 0 Å². The van der Waals surface area contributed by atoms with Crippen molar-refractivity contribution >= 4 is 11.6 Å². The number of ether oxygens (including phenoxy) is 1. The highest BCUT2D eigenvalue weighted by Gasteiger charge is 2.56. The normalized spacial score (nSPS) is 39.2. The lowest BCUT2D eigenvalue weighted by Crippen LogP contribution is -2.64. The first-order valence-corrected chi connectivity index (χ1v) is 8.67. The summed E-state index contributed by atoms with van der Waals surface area (Å²) in [5.74, 6) is 2.26. The van der Waals surface area contributed by atoms with Crippen LogP contribution in [0.25, 0.3) is 0 Å². The van der Waals surface area contributed by atoms with Gasteiger partial charge in [0.1, 0.15) is 5.75 Å². The fourth-order valence-electron chi connectivity index (χ4n) is 5.59. The lowest BCUT2D eigenvalue weighted by Gasteiger charge is -2.60. The zero-order valence-electron chi connectivity index (χ0n) is 13.1. The fraction of sp³-hybridized carbons (Fsp3) is 0.667. The smallest absolute Gasteiger partial charge is 0.123 e. The Morgan fingerprint density at radius 3 is 2.64 bits per heavy atom. The van der Waals surface area contributed by atoms with Gasteiger partial charge in [-0.25, -0.2) is 0 Å². The standard InChI is InChI=1S/C18H24ClNO2/c1-22-16-3-2-15(19)5-14(16)10-20-17-6-12-4-13(7-17)9-18(21,8-12)11-17/h2-3,5,12-13,20-21H,4,6-11H2,1H3. The van der Waals surface area contributed by atoms with Gasteiger partial charge in [0.25, 0.3) is 0 Å². The van der Waals surface area contributed by atoms with Crippen molar-refractivity contribution in [3.8, 4) is 5.75 Å². The third-order valence-electron chi connectivity index (χ3n) is 5.93. The van der Waals surface area contributed by atoms with Gasteiger partial charge < -0.3 is 15.2 Å². The predicted octanol–water partition coefficient (Wildman–Crippen LogP) is 3.52. The van der Waals surface area contributed by atoms with Gasteiger partial charge in [0, 0.05) is 22.7 Å². The molecule has 0 radical (unpaired) electrons. The van der Waals surface area contributed by atoms with Crippen LogP contribution >= 0.6 is 11.6 Å². The molecule has 4 saturated carbocycles. The minimum atomic E-state index is -0.421. The minimum Gasteiger partial charge on any atom is -0.496 e. The van der Waals surface area contributed by atoms with Gasteiger partial charge in [0.05, 0.1) is 12.7 Å². The van der Waals surface area contributed by atoms with Crippen molar-refractivity contribution in [1.29, 1.82) is 0 Å². The second kappa shape index (κ2) is 5.12. The van der Waals surface area contributed by atoms with Crippen LogP contribution in [0.2, 0.25) is 5.02 Å². The maximum atomic E-state index is 10.8. The van der Waals surface area contributed by atoms with Crippen molar-refractivity contribution in [1.82, 2.24) is 5.32 Å². The number of aliphatic hydroxyl groups is 1. The number of benzene rings is 1. The summed E-state index contributed by atoms with van der Waals surface area (Å²) in [6, 6.07) is 5.76. The van der Waals surface area contributed by atoms with E-state index in [9.17, 15) is 5.11 Å². The number of methoxy groups -OCH3 is 1. The Morgan fingerprint density at radius 2 is 2.00 bits per heavy atom. The summed E-state index contributed by atoms with van der Waals surface area (Å²) in [4.78, 5) is 0. The first-order valence-electron chi connectivity index (χ1n) is 8.29. The first-order chi connectivity index (χ1) is 10.5. The van der Waals surface area contributed by atoms with Crippen LogP contribution in [0.3, 0.4) is 0 Å². The molecule has 0 amide bonds.